The van der Waals surface area contributed by atoms with Crippen LogP contribution in [-0.4, -0.2) is 36.1 Å². The van der Waals surface area contributed by atoms with Crippen molar-refractivity contribution in [1.82, 2.24) is 9.97 Å². The molecule has 152 valence electrons. The summed E-state index contributed by atoms with van der Waals surface area (Å²) < 4.78 is 9.99. The lowest BCUT2D eigenvalue weighted by molar-refractivity contribution is 0.0593. The molecule has 0 aliphatic carbocycles. The Morgan fingerprint density at radius 1 is 1.07 bits per heavy atom. The molecule has 0 atom stereocenters. The SMILES string of the molecule is COC(=O)c1nc(NC(=O)c2sc(C)nc2-c2ccc(OC)cc2)sc1C(C)C. The van der Waals surface area contributed by atoms with E-state index < -0.39 is 5.97 Å². The molecule has 0 saturated carbocycles. The highest BCUT2D eigenvalue weighted by Gasteiger charge is 2.24. The molecular weight excluding hydrogens is 410 g/mol. The van der Waals surface area contributed by atoms with E-state index in [0.717, 1.165) is 21.2 Å². The van der Waals surface area contributed by atoms with Gasteiger partial charge in [0, 0.05) is 10.4 Å². The maximum absolute atomic E-state index is 13.0. The summed E-state index contributed by atoms with van der Waals surface area (Å²) in [5, 5.41) is 3.93. The number of aromatic nitrogens is 2. The summed E-state index contributed by atoms with van der Waals surface area (Å²) in [5.74, 6) is -0.0290. The molecule has 0 radical (unpaired) electrons. The number of carbonyl (C=O) groups excluding carboxylic acids is 2. The van der Waals surface area contributed by atoms with Crippen LogP contribution in [0.15, 0.2) is 24.3 Å². The summed E-state index contributed by atoms with van der Waals surface area (Å²) in [7, 11) is 2.91. The number of carbonyl (C=O) groups is 2. The molecule has 0 aliphatic rings. The Kier molecular flexibility index (Phi) is 6.29. The van der Waals surface area contributed by atoms with Gasteiger partial charge in [-0.15, -0.1) is 22.7 Å². The number of nitrogens with zero attached hydrogens (tertiary/aromatic N) is 2. The molecule has 3 rings (SSSR count). The van der Waals surface area contributed by atoms with Crippen molar-refractivity contribution in [1.29, 1.82) is 0 Å². The van der Waals surface area contributed by atoms with Gasteiger partial charge in [0.05, 0.1) is 24.9 Å². The second-order valence-electron chi connectivity index (χ2n) is 6.47. The van der Waals surface area contributed by atoms with Crippen molar-refractivity contribution in [3.05, 3.63) is 44.7 Å². The molecular formula is C20H21N3O4S2. The Morgan fingerprint density at radius 2 is 1.76 bits per heavy atom. The van der Waals surface area contributed by atoms with E-state index in [-0.39, 0.29) is 17.5 Å². The number of anilines is 1. The minimum atomic E-state index is -0.516. The summed E-state index contributed by atoms with van der Waals surface area (Å²) >= 11 is 2.58. The van der Waals surface area contributed by atoms with E-state index in [9.17, 15) is 9.59 Å². The van der Waals surface area contributed by atoms with Crippen LogP contribution in [0.2, 0.25) is 0 Å². The molecule has 2 heterocycles. The van der Waals surface area contributed by atoms with Crippen LogP contribution in [0.1, 0.15) is 49.8 Å². The van der Waals surface area contributed by atoms with Crippen LogP contribution in [0.25, 0.3) is 11.3 Å². The number of thiazole rings is 2. The standard InChI is InChI=1S/C20H21N3O4S2/c1-10(2)16-15(19(25)27-5)22-20(29-16)23-18(24)17-14(21-11(3)28-17)12-6-8-13(26-4)9-7-12/h6-10H,1-5H3,(H,22,23,24). The minimum Gasteiger partial charge on any atom is -0.497 e. The van der Waals surface area contributed by atoms with Crippen LogP contribution in [0.3, 0.4) is 0 Å². The number of methoxy groups -OCH3 is 2. The van der Waals surface area contributed by atoms with Crippen LogP contribution in [-0.2, 0) is 4.74 Å². The van der Waals surface area contributed by atoms with E-state index in [1.54, 1.807) is 7.11 Å². The fraction of sp³-hybridized carbons (Fsp3) is 0.300. The quantitative estimate of drug-likeness (QED) is 0.567. The average Bonchev–Trinajstić information content (AvgIpc) is 3.31. The van der Waals surface area contributed by atoms with Crippen LogP contribution in [0, 0.1) is 6.92 Å². The molecule has 0 spiro atoms. The van der Waals surface area contributed by atoms with E-state index in [1.807, 2.05) is 45.0 Å². The van der Waals surface area contributed by atoms with Crippen LogP contribution >= 0.6 is 22.7 Å². The molecule has 0 aliphatic heterocycles. The van der Waals surface area contributed by atoms with E-state index >= 15 is 0 Å². The first-order valence-electron chi connectivity index (χ1n) is 8.86. The topological polar surface area (TPSA) is 90.4 Å². The third-order valence-electron chi connectivity index (χ3n) is 4.08. The van der Waals surface area contributed by atoms with Gasteiger partial charge >= 0.3 is 5.97 Å². The molecule has 29 heavy (non-hydrogen) atoms. The molecule has 1 N–H and O–H groups in total. The summed E-state index contributed by atoms with van der Waals surface area (Å²) in [4.78, 5) is 35.0. The summed E-state index contributed by atoms with van der Waals surface area (Å²) in [6.07, 6.45) is 0. The summed E-state index contributed by atoms with van der Waals surface area (Å²) in [6, 6.07) is 7.37. The van der Waals surface area contributed by atoms with E-state index in [4.69, 9.17) is 9.47 Å². The van der Waals surface area contributed by atoms with Gasteiger partial charge in [-0.2, -0.15) is 0 Å². The van der Waals surface area contributed by atoms with Crippen molar-refractivity contribution in [3.8, 4) is 17.0 Å². The molecule has 9 heteroatoms. The van der Waals surface area contributed by atoms with Gasteiger partial charge in [-0.3, -0.25) is 10.1 Å². The first-order chi connectivity index (χ1) is 13.8. The van der Waals surface area contributed by atoms with Gasteiger partial charge < -0.3 is 9.47 Å². The number of benzene rings is 1. The van der Waals surface area contributed by atoms with Gasteiger partial charge in [0.25, 0.3) is 5.91 Å². The molecule has 0 unspecified atom stereocenters. The number of hydrogen-bond donors (Lipinski definition) is 1. The molecule has 1 aromatic carbocycles. The largest absolute Gasteiger partial charge is 0.497 e. The van der Waals surface area contributed by atoms with Gasteiger partial charge in [0.2, 0.25) is 0 Å². The monoisotopic (exact) mass is 431 g/mol. The van der Waals surface area contributed by atoms with Gasteiger partial charge in [-0.25, -0.2) is 14.8 Å². The smallest absolute Gasteiger partial charge is 0.357 e. The number of aryl methyl sites for hydroxylation is 1. The second-order valence-corrected chi connectivity index (χ2v) is 8.71. The van der Waals surface area contributed by atoms with Gasteiger partial charge in [0.1, 0.15) is 10.6 Å². The van der Waals surface area contributed by atoms with Crippen LogP contribution in [0.5, 0.6) is 5.75 Å². The van der Waals surface area contributed by atoms with Crippen molar-refractivity contribution in [3.63, 3.8) is 0 Å². The fourth-order valence-corrected chi connectivity index (χ4v) is 4.49. The lowest BCUT2D eigenvalue weighted by Gasteiger charge is -2.04. The molecule has 7 nitrogen and oxygen atoms in total. The molecule has 0 fully saturated rings. The Morgan fingerprint density at radius 3 is 2.34 bits per heavy atom. The van der Waals surface area contributed by atoms with Gasteiger partial charge in [-0.1, -0.05) is 13.8 Å². The Hall–Kier alpha value is -2.78. The fourth-order valence-electron chi connectivity index (χ4n) is 2.70. The lowest BCUT2D eigenvalue weighted by atomic mass is 10.1. The predicted molar refractivity (Wildman–Crippen MR) is 114 cm³/mol. The van der Waals surface area contributed by atoms with Crippen LogP contribution in [0.4, 0.5) is 5.13 Å². The van der Waals surface area contributed by atoms with Crippen molar-refractivity contribution in [2.75, 3.05) is 19.5 Å². The summed E-state index contributed by atoms with van der Waals surface area (Å²) in [5.41, 5.74) is 1.65. The maximum atomic E-state index is 13.0. The van der Waals surface area contributed by atoms with Crippen LogP contribution < -0.4 is 10.1 Å². The normalized spacial score (nSPS) is 10.8. The molecule has 1 amide bonds. The number of amides is 1. The zero-order valence-electron chi connectivity index (χ0n) is 16.7. The number of rotatable bonds is 6. The Bertz CT molecular complexity index is 1040. The highest BCUT2D eigenvalue weighted by Crippen LogP contribution is 2.33. The Balaban J connectivity index is 1.91. The molecule has 0 saturated heterocycles. The number of ether oxygens (including phenoxy) is 2. The Labute approximate surface area is 176 Å². The van der Waals surface area contributed by atoms with Gasteiger partial charge in [0.15, 0.2) is 10.8 Å². The minimum absolute atomic E-state index is 0.0766. The third kappa shape index (κ3) is 4.46. The number of esters is 1. The third-order valence-corrected chi connectivity index (χ3v) is 6.32. The second kappa shape index (κ2) is 8.71. The van der Waals surface area contributed by atoms with Crippen molar-refractivity contribution in [2.45, 2.75) is 26.7 Å². The van der Waals surface area contributed by atoms with E-state index in [2.05, 4.69) is 15.3 Å². The van der Waals surface area contributed by atoms with E-state index in [0.29, 0.717) is 15.7 Å². The predicted octanol–water partition coefficient (Wildman–Crippen LogP) is 4.75. The van der Waals surface area contributed by atoms with E-state index in [1.165, 1.54) is 29.8 Å². The highest BCUT2D eigenvalue weighted by molar-refractivity contribution is 7.16. The van der Waals surface area contributed by atoms with Gasteiger partial charge in [-0.05, 0) is 37.1 Å². The zero-order valence-corrected chi connectivity index (χ0v) is 18.4. The lowest BCUT2D eigenvalue weighted by Crippen LogP contribution is -2.12. The molecule has 3 aromatic rings. The molecule has 0 bridgehead atoms. The number of hydrogen-bond acceptors (Lipinski definition) is 8. The maximum Gasteiger partial charge on any atom is 0.357 e. The van der Waals surface area contributed by atoms with Crippen molar-refractivity contribution < 1.29 is 19.1 Å². The number of nitrogens with one attached hydrogen (secondary N) is 1. The zero-order chi connectivity index (χ0) is 21.1. The highest BCUT2D eigenvalue weighted by atomic mass is 32.1. The first-order valence-corrected chi connectivity index (χ1v) is 10.5. The molecule has 2 aromatic heterocycles. The first kappa shape index (κ1) is 20.9. The van der Waals surface area contributed by atoms with Crippen molar-refractivity contribution in [2.24, 2.45) is 0 Å². The van der Waals surface area contributed by atoms with Crippen molar-refractivity contribution >= 4 is 39.7 Å². The average molecular weight is 432 g/mol. The summed E-state index contributed by atoms with van der Waals surface area (Å²) in [6.45, 7) is 5.77.